The van der Waals surface area contributed by atoms with Gasteiger partial charge in [-0.1, -0.05) is 0 Å². The van der Waals surface area contributed by atoms with E-state index in [1.165, 1.54) is 25.7 Å². The number of rotatable bonds is 5. The average Bonchev–Trinajstić information content (AvgIpc) is 3.42. The number of aromatic nitrogens is 2. The van der Waals surface area contributed by atoms with Crippen LogP contribution in [0.15, 0.2) is 22.6 Å². The fourth-order valence-corrected chi connectivity index (χ4v) is 3.75. The molecule has 2 N–H and O–H groups in total. The molecule has 2 aromatic rings. The van der Waals surface area contributed by atoms with E-state index in [1.807, 2.05) is 19.1 Å². The van der Waals surface area contributed by atoms with Crippen LogP contribution >= 0.6 is 12.2 Å². The Hall–Kier alpha value is -2.35. The lowest BCUT2D eigenvalue weighted by Crippen LogP contribution is -2.30. The van der Waals surface area contributed by atoms with Gasteiger partial charge in [0.2, 0.25) is 5.95 Å². The molecule has 27 heavy (non-hydrogen) atoms. The molecule has 2 aromatic heterocycles. The van der Waals surface area contributed by atoms with Crippen LogP contribution in [0.25, 0.3) is 0 Å². The van der Waals surface area contributed by atoms with Gasteiger partial charge >= 0.3 is 0 Å². The highest BCUT2D eigenvalue weighted by Gasteiger charge is 2.20. The molecule has 2 aliphatic heterocycles. The van der Waals surface area contributed by atoms with Gasteiger partial charge < -0.3 is 24.9 Å². The summed E-state index contributed by atoms with van der Waals surface area (Å²) in [6.07, 6.45) is 4.87. The van der Waals surface area contributed by atoms with E-state index in [2.05, 4.69) is 26.5 Å². The maximum absolute atomic E-state index is 5.56. The van der Waals surface area contributed by atoms with Crippen molar-refractivity contribution in [1.82, 2.24) is 15.3 Å². The minimum atomic E-state index is 0.495. The van der Waals surface area contributed by atoms with E-state index in [9.17, 15) is 0 Å². The first kappa shape index (κ1) is 18.0. The molecule has 8 heteroatoms. The number of nitrogens with zero attached hydrogens (tertiary/aromatic N) is 4. The van der Waals surface area contributed by atoms with Gasteiger partial charge in [0.1, 0.15) is 23.2 Å². The third-order valence-electron chi connectivity index (χ3n) is 5.00. The van der Waals surface area contributed by atoms with Gasteiger partial charge in [0.25, 0.3) is 0 Å². The van der Waals surface area contributed by atoms with Gasteiger partial charge in [-0.2, -0.15) is 9.97 Å². The highest BCUT2D eigenvalue weighted by atomic mass is 32.1. The van der Waals surface area contributed by atoms with Gasteiger partial charge in [-0.15, -0.1) is 0 Å². The van der Waals surface area contributed by atoms with E-state index >= 15 is 0 Å². The zero-order chi connectivity index (χ0) is 18.6. The second-order valence-electron chi connectivity index (χ2n) is 7.12. The van der Waals surface area contributed by atoms with Crippen LogP contribution < -0.4 is 20.4 Å². The number of furan rings is 1. The first-order valence-electron chi connectivity index (χ1n) is 9.66. The number of nitrogens with one attached hydrogen (secondary N) is 2. The molecule has 7 nitrogen and oxygen atoms in total. The molecular weight excluding hydrogens is 360 g/mol. The molecule has 4 rings (SSSR count). The second kappa shape index (κ2) is 8.12. The third-order valence-corrected chi connectivity index (χ3v) is 5.25. The normalized spacial score (nSPS) is 16.8. The van der Waals surface area contributed by atoms with Crippen molar-refractivity contribution in [2.75, 3.05) is 41.3 Å². The smallest absolute Gasteiger partial charge is 0.232 e. The number of thiocarbonyl (C=S) groups is 1. The van der Waals surface area contributed by atoms with Gasteiger partial charge in [0.15, 0.2) is 5.11 Å². The van der Waals surface area contributed by atoms with E-state index < -0.39 is 0 Å². The summed E-state index contributed by atoms with van der Waals surface area (Å²) in [5.74, 6) is 4.26. The van der Waals surface area contributed by atoms with E-state index in [0.717, 1.165) is 49.3 Å². The SMILES string of the molecule is Cc1ccc(CNC(=S)Nc2nc(N3CCCC3)cc(N3CCCC3)n2)o1. The predicted molar refractivity (Wildman–Crippen MR) is 111 cm³/mol. The van der Waals surface area contributed by atoms with Crippen molar-refractivity contribution in [1.29, 1.82) is 0 Å². The number of anilines is 3. The van der Waals surface area contributed by atoms with Crippen molar-refractivity contribution in [2.24, 2.45) is 0 Å². The molecule has 0 aromatic carbocycles. The van der Waals surface area contributed by atoms with Crippen molar-refractivity contribution >= 4 is 34.9 Å². The Morgan fingerprint density at radius 3 is 2.15 bits per heavy atom. The highest BCUT2D eigenvalue weighted by Crippen LogP contribution is 2.26. The van der Waals surface area contributed by atoms with Crippen LogP contribution in [0.5, 0.6) is 0 Å². The molecule has 0 radical (unpaired) electrons. The topological polar surface area (TPSA) is 69.5 Å². The fraction of sp³-hybridized carbons (Fsp3) is 0.526. The van der Waals surface area contributed by atoms with Crippen molar-refractivity contribution in [3.05, 3.63) is 29.7 Å². The molecule has 2 fully saturated rings. The summed E-state index contributed by atoms with van der Waals surface area (Å²) in [6.45, 7) is 6.67. The molecule has 0 atom stereocenters. The molecule has 0 bridgehead atoms. The summed E-state index contributed by atoms with van der Waals surface area (Å²) in [5, 5.41) is 6.80. The van der Waals surface area contributed by atoms with Crippen molar-refractivity contribution in [3.63, 3.8) is 0 Å². The lowest BCUT2D eigenvalue weighted by atomic mass is 10.4. The van der Waals surface area contributed by atoms with Crippen molar-refractivity contribution in [2.45, 2.75) is 39.2 Å². The van der Waals surface area contributed by atoms with Crippen LogP contribution in [0.3, 0.4) is 0 Å². The van der Waals surface area contributed by atoms with Gasteiger partial charge in [-0.3, -0.25) is 0 Å². The van der Waals surface area contributed by atoms with E-state index in [1.54, 1.807) is 0 Å². The third kappa shape index (κ3) is 4.50. The Bertz CT molecular complexity index is 761. The van der Waals surface area contributed by atoms with E-state index in [4.69, 9.17) is 26.6 Å². The van der Waals surface area contributed by atoms with Crippen molar-refractivity contribution < 1.29 is 4.42 Å². The number of hydrogen-bond acceptors (Lipinski definition) is 6. The van der Waals surface area contributed by atoms with Crippen molar-refractivity contribution in [3.8, 4) is 0 Å². The molecule has 0 saturated carbocycles. The van der Waals surface area contributed by atoms with Gasteiger partial charge in [-0.25, -0.2) is 0 Å². The van der Waals surface area contributed by atoms with Crippen LogP contribution in [-0.2, 0) is 6.54 Å². The first-order chi connectivity index (χ1) is 13.2. The zero-order valence-electron chi connectivity index (χ0n) is 15.7. The molecule has 144 valence electrons. The quantitative estimate of drug-likeness (QED) is 0.760. The summed E-state index contributed by atoms with van der Waals surface area (Å²) in [5.41, 5.74) is 0. The monoisotopic (exact) mass is 386 g/mol. The Morgan fingerprint density at radius 2 is 1.63 bits per heavy atom. The molecule has 2 saturated heterocycles. The zero-order valence-corrected chi connectivity index (χ0v) is 16.5. The molecular formula is C19H26N6OS. The van der Waals surface area contributed by atoms with Gasteiger partial charge in [0, 0.05) is 32.2 Å². The molecule has 0 spiro atoms. The van der Waals surface area contributed by atoms with Crippen LogP contribution in [0.2, 0.25) is 0 Å². The van der Waals surface area contributed by atoms with Crippen LogP contribution in [0.1, 0.15) is 37.2 Å². The van der Waals surface area contributed by atoms with Crippen LogP contribution in [-0.4, -0.2) is 41.3 Å². The Kier molecular flexibility index (Phi) is 5.42. The maximum Gasteiger partial charge on any atom is 0.232 e. The maximum atomic E-state index is 5.56. The standard InChI is InChI=1S/C19H26N6OS/c1-14-6-7-15(26-14)13-20-19(27)23-18-21-16(24-8-2-3-9-24)12-17(22-18)25-10-4-5-11-25/h6-7,12H,2-5,8-11,13H2,1H3,(H2,20,21,22,23,27). The summed E-state index contributed by atoms with van der Waals surface area (Å²) in [6, 6.07) is 6.00. The Balaban J connectivity index is 1.47. The van der Waals surface area contributed by atoms with Gasteiger partial charge in [-0.05, 0) is 57.0 Å². The van der Waals surface area contributed by atoms with Gasteiger partial charge in [0.05, 0.1) is 6.54 Å². The second-order valence-corrected chi connectivity index (χ2v) is 7.52. The molecule has 2 aliphatic rings. The summed E-state index contributed by atoms with van der Waals surface area (Å²) in [4.78, 5) is 14.1. The number of hydrogen-bond donors (Lipinski definition) is 2. The predicted octanol–water partition coefficient (Wildman–Crippen LogP) is 3.07. The Morgan fingerprint density at radius 1 is 1.04 bits per heavy atom. The molecule has 0 aliphatic carbocycles. The average molecular weight is 387 g/mol. The fourth-order valence-electron chi connectivity index (χ4n) is 3.59. The summed E-state index contributed by atoms with van der Waals surface area (Å²) < 4.78 is 5.56. The molecule has 0 unspecified atom stereocenters. The minimum Gasteiger partial charge on any atom is -0.465 e. The minimum absolute atomic E-state index is 0.495. The largest absolute Gasteiger partial charge is 0.465 e. The molecule has 0 amide bonds. The van der Waals surface area contributed by atoms with E-state index in [-0.39, 0.29) is 0 Å². The lowest BCUT2D eigenvalue weighted by molar-refractivity contribution is 0.478. The highest BCUT2D eigenvalue weighted by molar-refractivity contribution is 7.80. The lowest BCUT2D eigenvalue weighted by Gasteiger charge is -2.22. The first-order valence-corrected chi connectivity index (χ1v) is 10.1. The molecule has 4 heterocycles. The van der Waals surface area contributed by atoms with Crippen LogP contribution in [0, 0.1) is 6.92 Å². The van der Waals surface area contributed by atoms with E-state index in [0.29, 0.717) is 17.6 Å². The number of aryl methyl sites for hydroxylation is 1. The summed E-state index contributed by atoms with van der Waals surface area (Å²) >= 11 is 5.43. The summed E-state index contributed by atoms with van der Waals surface area (Å²) in [7, 11) is 0. The van der Waals surface area contributed by atoms with Crippen LogP contribution in [0.4, 0.5) is 17.6 Å². The Labute approximate surface area is 165 Å².